The van der Waals surface area contributed by atoms with Gasteiger partial charge in [0.25, 0.3) is 5.69 Å². The van der Waals surface area contributed by atoms with Gasteiger partial charge in [0.1, 0.15) is 0 Å². The minimum absolute atomic E-state index is 0.00389. The lowest BCUT2D eigenvalue weighted by atomic mass is 10.2. The maximum atomic E-state index is 12.1. The number of thioether (sulfide) groups is 1. The zero-order valence-electron chi connectivity index (χ0n) is 12.5. The molecule has 0 fully saturated rings. The Morgan fingerprint density at radius 3 is 2.42 bits per heavy atom. The molecule has 0 aliphatic rings. The van der Waals surface area contributed by atoms with Crippen LogP contribution in [0.2, 0.25) is 5.02 Å². The molecule has 24 heavy (non-hydrogen) atoms. The first kappa shape index (κ1) is 18.7. The number of hydrogen-bond donors (Lipinski definition) is 1. The van der Waals surface area contributed by atoms with Gasteiger partial charge in [0.15, 0.2) is 0 Å². The molecule has 0 unspecified atom stereocenters. The van der Waals surface area contributed by atoms with Crippen LogP contribution in [0.15, 0.2) is 53.4 Å². The molecule has 2 aromatic carbocycles. The van der Waals surface area contributed by atoms with Crippen molar-refractivity contribution in [3.63, 3.8) is 0 Å². The number of benzene rings is 2. The van der Waals surface area contributed by atoms with E-state index in [4.69, 9.17) is 11.6 Å². The van der Waals surface area contributed by atoms with E-state index in [-0.39, 0.29) is 17.1 Å². The Hall–Kier alpha value is -1.61. The molecule has 0 amide bonds. The predicted molar refractivity (Wildman–Crippen MR) is 95.9 cm³/mol. The minimum atomic E-state index is -3.67. The maximum Gasteiger partial charge on any atom is 0.269 e. The molecule has 0 atom stereocenters. The summed E-state index contributed by atoms with van der Waals surface area (Å²) in [7, 11) is -3.67. The molecule has 0 heterocycles. The topological polar surface area (TPSA) is 89.3 Å². The summed E-state index contributed by atoms with van der Waals surface area (Å²) in [6.45, 7) is 0.258. The van der Waals surface area contributed by atoms with Crippen LogP contribution in [-0.4, -0.2) is 25.6 Å². The van der Waals surface area contributed by atoms with Gasteiger partial charge in [0, 0.05) is 35.2 Å². The quantitative estimate of drug-likeness (QED) is 0.426. The number of nitrogens with zero attached hydrogens (tertiary/aromatic N) is 1. The van der Waals surface area contributed by atoms with Gasteiger partial charge in [0.2, 0.25) is 10.0 Å². The number of hydrogen-bond acceptors (Lipinski definition) is 5. The van der Waals surface area contributed by atoms with E-state index in [1.807, 2.05) is 24.3 Å². The average molecular weight is 387 g/mol. The molecule has 6 nitrogen and oxygen atoms in total. The van der Waals surface area contributed by atoms with Crippen LogP contribution in [0.5, 0.6) is 0 Å². The number of halogens is 1. The van der Waals surface area contributed by atoms with Crippen molar-refractivity contribution in [2.24, 2.45) is 0 Å². The van der Waals surface area contributed by atoms with Gasteiger partial charge in [-0.3, -0.25) is 10.1 Å². The summed E-state index contributed by atoms with van der Waals surface area (Å²) in [5.74, 6) is 1.27. The smallest absolute Gasteiger partial charge is 0.258 e. The standard InChI is InChI=1S/C15H15ClN2O4S2/c16-15-4-2-1-3-12(15)11-23-10-9-17-24(21,22)14-7-5-13(6-8-14)18(19)20/h1-8,17H,9-11H2. The zero-order valence-corrected chi connectivity index (χ0v) is 14.9. The number of rotatable bonds is 8. The highest BCUT2D eigenvalue weighted by Crippen LogP contribution is 2.20. The summed E-state index contributed by atoms with van der Waals surface area (Å²) in [5.41, 5.74) is 0.853. The van der Waals surface area contributed by atoms with Gasteiger partial charge in [-0.2, -0.15) is 11.8 Å². The van der Waals surface area contributed by atoms with E-state index in [0.717, 1.165) is 5.56 Å². The van der Waals surface area contributed by atoms with Gasteiger partial charge in [0.05, 0.1) is 9.82 Å². The second kappa shape index (κ2) is 8.48. The van der Waals surface area contributed by atoms with Gasteiger partial charge >= 0.3 is 0 Å². The lowest BCUT2D eigenvalue weighted by molar-refractivity contribution is -0.384. The Morgan fingerprint density at radius 2 is 1.79 bits per heavy atom. The first-order chi connectivity index (χ1) is 11.4. The molecular formula is C15H15ClN2O4S2. The fourth-order valence-corrected chi connectivity index (χ4v) is 4.18. The van der Waals surface area contributed by atoms with Gasteiger partial charge in [-0.25, -0.2) is 13.1 Å². The Bertz CT molecular complexity index is 810. The van der Waals surface area contributed by atoms with Gasteiger partial charge in [-0.1, -0.05) is 29.8 Å². The van der Waals surface area contributed by atoms with Gasteiger partial charge in [-0.15, -0.1) is 0 Å². The lowest BCUT2D eigenvalue weighted by Gasteiger charge is -2.07. The van der Waals surface area contributed by atoms with Crippen molar-refractivity contribution in [3.8, 4) is 0 Å². The molecule has 0 saturated heterocycles. The fourth-order valence-electron chi connectivity index (χ4n) is 1.88. The number of sulfonamides is 1. The molecule has 2 rings (SSSR count). The summed E-state index contributed by atoms with van der Waals surface area (Å²) in [4.78, 5) is 10.0. The fraction of sp³-hybridized carbons (Fsp3) is 0.200. The second-order valence-corrected chi connectivity index (χ2v) is 8.07. The maximum absolute atomic E-state index is 12.1. The van der Waals surface area contributed by atoms with Crippen LogP contribution >= 0.6 is 23.4 Å². The van der Waals surface area contributed by atoms with E-state index in [1.54, 1.807) is 11.8 Å². The normalized spacial score (nSPS) is 11.4. The number of non-ortho nitro benzene ring substituents is 1. The molecule has 0 aliphatic heterocycles. The van der Waals surface area contributed by atoms with E-state index in [9.17, 15) is 18.5 Å². The first-order valence-electron chi connectivity index (χ1n) is 6.95. The van der Waals surface area contributed by atoms with Crippen molar-refractivity contribution in [1.29, 1.82) is 0 Å². The molecule has 0 aromatic heterocycles. The Labute approximate surface area is 149 Å². The van der Waals surface area contributed by atoms with Crippen LogP contribution in [0, 0.1) is 10.1 Å². The second-order valence-electron chi connectivity index (χ2n) is 4.79. The number of nitro benzene ring substituents is 1. The lowest BCUT2D eigenvalue weighted by Crippen LogP contribution is -2.26. The highest BCUT2D eigenvalue weighted by molar-refractivity contribution is 7.98. The van der Waals surface area contributed by atoms with Crippen LogP contribution in [0.4, 0.5) is 5.69 Å². The van der Waals surface area contributed by atoms with E-state index >= 15 is 0 Å². The summed E-state index contributed by atoms with van der Waals surface area (Å²) in [6, 6.07) is 12.3. The molecular weight excluding hydrogens is 372 g/mol. The summed E-state index contributed by atoms with van der Waals surface area (Å²) in [5, 5.41) is 11.3. The van der Waals surface area contributed by atoms with E-state index in [2.05, 4.69) is 4.72 Å². The van der Waals surface area contributed by atoms with E-state index in [0.29, 0.717) is 16.5 Å². The van der Waals surface area contributed by atoms with Crippen LogP contribution in [0.3, 0.4) is 0 Å². The van der Waals surface area contributed by atoms with E-state index in [1.165, 1.54) is 24.3 Å². The Morgan fingerprint density at radius 1 is 1.12 bits per heavy atom. The highest BCUT2D eigenvalue weighted by Gasteiger charge is 2.15. The molecule has 2 aromatic rings. The van der Waals surface area contributed by atoms with E-state index < -0.39 is 14.9 Å². The molecule has 0 saturated carbocycles. The van der Waals surface area contributed by atoms with Gasteiger partial charge < -0.3 is 0 Å². The molecule has 0 spiro atoms. The molecule has 0 radical (unpaired) electrons. The monoisotopic (exact) mass is 386 g/mol. The molecule has 0 aliphatic carbocycles. The summed E-state index contributed by atoms with van der Waals surface area (Å²) >= 11 is 7.61. The van der Waals surface area contributed by atoms with Crippen molar-refractivity contribution in [2.45, 2.75) is 10.6 Å². The number of nitrogens with one attached hydrogen (secondary N) is 1. The third-order valence-electron chi connectivity index (χ3n) is 3.11. The van der Waals surface area contributed by atoms with Crippen LogP contribution in [-0.2, 0) is 15.8 Å². The van der Waals surface area contributed by atoms with Crippen molar-refractivity contribution in [3.05, 3.63) is 69.2 Å². The zero-order chi connectivity index (χ0) is 17.6. The molecule has 9 heteroatoms. The first-order valence-corrected chi connectivity index (χ1v) is 9.97. The average Bonchev–Trinajstić information content (AvgIpc) is 2.56. The molecule has 128 valence electrons. The van der Waals surface area contributed by atoms with Gasteiger partial charge in [-0.05, 0) is 23.8 Å². The van der Waals surface area contributed by atoms with Crippen molar-refractivity contribution < 1.29 is 13.3 Å². The Balaban J connectivity index is 1.82. The largest absolute Gasteiger partial charge is 0.269 e. The molecule has 1 N–H and O–H groups in total. The summed E-state index contributed by atoms with van der Waals surface area (Å²) < 4.78 is 26.7. The number of nitro groups is 1. The van der Waals surface area contributed by atoms with Crippen LogP contribution in [0.1, 0.15) is 5.56 Å². The van der Waals surface area contributed by atoms with Crippen molar-refractivity contribution >= 4 is 39.1 Å². The van der Waals surface area contributed by atoms with Crippen LogP contribution < -0.4 is 4.72 Å². The minimum Gasteiger partial charge on any atom is -0.258 e. The summed E-state index contributed by atoms with van der Waals surface area (Å²) in [6.07, 6.45) is 0. The highest BCUT2D eigenvalue weighted by atomic mass is 35.5. The van der Waals surface area contributed by atoms with Crippen molar-refractivity contribution in [1.82, 2.24) is 4.72 Å². The third-order valence-corrected chi connectivity index (χ3v) is 5.97. The predicted octanol–water partition coefficient (Wildman–Crippen LogP) is 3.46. The van der Waals surface area contributed by atoms with Crippen molar-refractivity contribution in [2.75, 3.05) is 12.3 Å². The molecule has 0 bridgehead atoms. The third kappa shape index (κ3) is 5.20. The van der Waals surface area contributed by atoms with Crippen LogP contribution in [0.25, 0.3) is 0 Å². The Kier molecular flexibility index (Phi) is 6.61. The SMILES string of the molecule is O=[N+]([O-])c1ccc(S(=O)(=O)NCCSCc2ccccc2Cl)cc1.